The molecular weight excluding hydrogens is 576 g/mol. The molecular formula is C38H62N4O4. The van der Waals surface area contributed by atoms with Gasteiger partial charge in [0.25, 0.3) is 0 Å². The van der Waals surface area contributed by atoms with Gasteiger partial charge in [0, 0.05) is 16.4 Å². The van der Waals surface area contributed by atoms with E-state index < -0.39 is 17.4 Å². The third-order valence-corrected chi connectivity index (χ3v) is 15.7. The summed E-state index contributed by atoms with van der Waals surface area (Å²) >= 11 is 0. The fraction of sp³-hybridized carbons (Fsp3) is 0.868. The molecule has 0 radical (unpaired) electrons. The van der Waals surface area contributed by atoms with Crippen LogP contribution in [0.3, 0.4) is 0 Å². The van der Waals surface area contributed by atoms with Crippen molar-refractivity contribution >= 4 is 5.97 Å². The van der Waals surface area contributed by atoms with E-state index in [2.05, 4.69) is 75.3 Å². The second-order valence-electron chi connectivity index (χ2n) is 18.4. The first kappa shape index (κ1) is 34.1. The van der Waals surface area contributed by atoms with Crippen molar-refractivity contribution in [1.29, 1.82) is 0 Å². The minimum absolute atomic E-state index is 0.0443. The number of carboxylic acid groups (broad SMARTS) is 1. The van der Waals surface area contributed by atoms with Gasteiger partial charge in [-0.2, -0.15) is 15.0 Å². The average Bonchev–Trinajstić information content (AvgIpc) is 3.51. The number of aromatic nitrogens is 3. The molecule has 0 aromatic carbocycles. The maximum absolute atomic E-state index is 13.4. The Labute approximate surface area is 277 Å². The Kier molecular flexibility index (Phi) is 8.25. The highest BCUT2D eigenvalue weighted by Crippen LogP contribution is 2.75. The lowest BCUT2D eigenvalue weighted by Crippen LogP contribution is -2.69. The summed E-state index contributed by atoms with van der Waals surface area (Å²) in [5.74, 6) is 0.750. The van der Waals surface area contributed by atoms with Crippen LogP contribution >= 0.6 is 0 Å². The number of aliphatic carboxylic acids is 1. The number of fused-ring (bicyclic) bond motifs is 3. The van der Waals surface area contributed by atoms with Gasteiger partial charge in [-0.25, -0.2) is 0 Å². The Morgan fingerprint density at radius 3 is 2.37 bits per heavy atom. The molecule has 258 valence electrons. The minimum Gasteiger partial charge on any atom is -0.481 e. The molecule has 4 fully saturated rings. The molecule has 0 spiro atoms. The van der Waals surface area contributed by atoms with Crippen LogP contribution in [0, 0.1) is 62.6 Å². The highest BCUT2D eigenvalue weighted by Gasteiger charge is 2.72. The molecule has 0 amide bonds. The van der Waals surface area contributed by atoms with E-state index in [0.29, 0.717) is 43.5 Å². The summed E-state index contributed by atoms with van der Waals surface area (Å²) in [6, 6.07) is -0.0443. The van der Waals surface area contributed by atoms with Gasteiger partial charge >= 0.3 is 5.97 Å². The highest BCUT2D eigenvalue weighted by molar-refractivity contribution is 5.73. The monoisotopic (exact) mass is 638 g/mol. The van der Waals surface area contributed by atoms with Gasteiger partial charge in [-0.15, -0.1) is 0 Å². The van der Waals surface area contributed by atoms with Gasteiger partial charge in [0.1, 0.15) is 0 Å². The van der Waals surface area contributed by atoms with Crippen LogP contribution in [0.1, 0.15) is 114 Å². The number of hydrogen-bond donors (Lipinski definition) is 2. The number of carbonyl (C=O) groups is 1. The van der Waals surface area contributed by atoms with Crippen LogP contribution in [0.2, 0.25) is 0 Å². The lowest BCUT2D eigenvalue weighted by molar-refractivity contribution is -0.253. The number of nitrogens with two attached hydrogens (primary N) is 1. The van der Waals surface area contributed by atoms with Crippen molar-refractivity contribution in [2.75, 3.05) is 19.8 Å². The Bertz CT molecular complexity index is 1340. The van der Waals surface area contributed by atoms with Crippen molar-refractivity contribution in [2.45, 2.75) is 125 Å². The van der Waals surface area contributed by atoms with Gasteiger partial charge in [0.05, 0.1) is 50.3 Å². The molecule has 3 saturated carbocycles. The summed E-state index contributed by atoms with van der Waals surface area (Å²) < 4.78 is 13.6. The predicted molar refractivity (Wildman–Crippen MR) is 180 cm³/mol. The van der Waals surface area contributed by atoms with E-state index in [-0.39, 0.29) is 45.1 Å². The van der Waals surface area contributed by atoms with E-state index in [9.17, 15) is 9.90 Å². The Balaban J connectivity index is 1.43. The maximum Gasteiger partial charge on any atom is 0.307 e. The second-order valence-corrected chi connectivity index (χ2v) is 18.4. The van der Waals surface area contributed by atoms with E-state index in [1.54, 1.807) is 12.4 Å². The van der Waals surface area contributed by atoms with Gasteiger partial charge in [0.2, 0.25) is 0 Å². The predicted octanol–water partition coefficient (Wildman–Crippen LogP) is 7.17. The van der Waals surface area contributed by atoms with Gasteiger partial charge in [-0.1, -0.05) is 74.0 Å². The fourth-order valence-electron chi connectivity index (χ4n) is 11.9. The van der Waals surface area contributed by atoms with E-state index in [1.807, 2.05) is 4.80 Å². The first-order valence-corrected chi connectivity index (χ1v) is 18.2. The molecule has 6 rings (SSSR count). The van der Waals surface area contributed by atoms with Gasteiger partial charge in [-0.3, -0.25) is 4.79 Å². The quantitative estimate of drug-likeness (QED) is 0.291. The van der Waals surface area contributed by atoms with Crippen LogP contribution in [0.4, 0.5) is 0 Å². The van der Waals surface area contributed by atoms with E-state index in [4.69, 9.17) is 25.4 Å². The molecule has 46 heavy (non-hydrogen) atoms. The van der Waals surface area contributed by atoms with Crippen LogP contribution in [-0.4, -0.2) is 57.5 Å². The molecule has 2 bridgehead atoms. The Morgan fingerprint density at radius 1 is 1.09 bits per heavy atom. The molecule has 1 aromatic heterocycles. The molecule has 4 aliphatic carbocycles. The van der Waals surface area contributed by atoms with Crippen molar-refractivity contribution < 1.29 is 19.4 Å². The van der Waals surface area contributed by atoms with Crippen molar-refractivity contribution in [2.24, 2.45) is 68.3 Å². The molecule has 1 saturated heterocycles. The van der Waals surface area contributed by atoms with E-state index in [1.165, 1.54) is 5.57 Å². The van der Waals surface area contributed by atoms with Crippen LogP contribution in [0.25, 0.3) is 0 Å². The topological polar surface area (TPSA) is 112 Å². The summed E-state index contributed by atoms with van der Waals surface area (Å²) in [7, 11) is 0. The van der Waals surface area contributed by atoms with Crippen molar-refractivity contribution in [3.8, 4) is 0 Å². The number of hydrogen-bond acceptors (Lipinski definition) is 6. The molecule has 8 heteroatoms. The molecule has 2 heterocycles. The summed E-state index contributed by atoms with van der Waals surface area (Å²) in [6.07, 6.45) is 11.8. The third-order valence-electron chi connectivity index (χ3n) is 15.7. The highest BCUT2D eigenvalue weighted by atomic mass is 16.5. The lowest BCUT2D eigenvalue weighted by atomic mass is 9.34. The zero-order valence-electron chi connectivity index (χ0n) is 30.3. The Morgan fingerprint density at radius 2 is 1.76 bits per heavy atom. The second kappa shape index (κ2) is 11.1. The first-order chi connectivity index (χ1) is 21.4. The SMILES string of the molecule is CC(C)[C@@H](C)[C@@]1(C)CC[C@]2(C)[C@H]3CC[C@H]4C5(C)COC[C@@]4(C[C@@H](n4nccn4)[C@@H]5OC[C@](C)(N)C(C)C)C3=CC[C@@]2(C)[C@@H]1C(=O)O. The maximum atomic E-state index is 13.4. The van der Waals surface area contributed by atoms with Gasteiger partial charge in [0.15, 0.2) is 0 Å². The van der Waals surface area contributed by atoms with Crippen molar-refractivity contribution in [3.63, 3.8) is 0 Å². The zero-order chi connectivity index (χ0) is 33.7. The third kappa shape index (κ3) is 4.58. The van der Waals surface area contributed by atoms with Crippen LogP contribution in [0.15, 0.2) is 24.0 Å². The van der Waals surface area contributed by atoms with Crippen LogP contribution < -0.4 is 5.73 Å². The van der Waals surface area contributed by atoms with Crippen LogP contribution in [0.5, 0.6) is 0 Å². The molecule has 12 atom stereocenters. The largest absolute Gasteiger partial charge is 0.481 e. The van der Waals surface area contributed by atoms with Gasteiger partial charge in [-0.05, 0) is 91.3 Å². The number of ether oxygens (including phenoxy) is 2. The van der Waals surface area contributed by atoms with Crippen LogP contribution in [-0.2, 0) is 14.3 Å². The van der Waals surface area contributed by atoms with Crippen molar-refractivity contribution in [3.05, 3.63) is 24.0 Å². The molecule has 1 aliphatic heterocycles. The Hall–Kier alpha value is -1.77. The van der Waals surface area contributed by atoms with Crippen molar-refractivity contribution in [1.82, 2.24) is 15.0 Å². The summed E-state index contributed by atoms with van der Waals surface area (Å²) in [6.45, 7) is 24.5. The minimum atomic E-state index is -0.614. The number of rotatable bonds is 8. The fourth-order valence-corrected chi connectivity index (χ4v) is 11.9. The van der Waals surface area contributed by atoms with Gasteiger partial charge < -0.3 is 20.3 Å². The molecule has 3 N–H and O–H groups in total. The number of nitrogens with zero attached hydrogens (tertiary/aromatic N) is 3. The zero-order valence-corrected chi connectivity index (χ0v) is 30.3. The first-order valence-electron chi connectivity index (χ1n) is 18.2. The normalized spacial score (nSPS) is 45.7. The van der Waals surface area contributed by atoms with E-state index in [0.717, 1.165) is 38.5 Å². The summed E-state index contributed by atoms with van der Waals surface area (Å²) in [5, 5.41) is 20.4. The standard InChI is InChI=1S/C38H62N4O4/c1-23(2)25(5)33(6)15-16-35(8)26-11-12-29-34(7)20-45-22-38(29,27(26)13-14-36(35,9)30(33)32(43)44)19-28(42-40-17-18-41-42)31(34)46-21-37(10,39)24(3)4/h13,17-18,23-26,28-31H,11-12,14-16,19-22,39H2,1-10H3,(H,43,44)/t25-,26+,28-,29+,30-,31+,33-,34?,35-,36+,37+,38+/m1/s1. The summed E-state index contributed by atoms with van der Waals surface area (Å²) in [5.41, 5.74) is 6.74. The molecule has 8 nitrogen and oxygen atoms in total. The summed E-state index contributed by atoms with van der Waals surface area (Å²) in [4.78, 5) is 15.3. The molecule has 1 unspecified atom stereocenters. The number of allylic oxidation sites excluding steroid dienone is 1. The lowest BCUT2D eigenvalue weighted by Gasteiger charge is -2.71. The molecule has 5 aliphatic rings. The average molecular weight is 639 g/mol. The van der Waals surface area contributed by atoms with E-state index >= 15 is 0 Å². The number of carboxylic acids is 1. The molecule has 1 aromatic rings. The smallest absolute Gasteiger partial charge is 0.307 e.